The number of carbonyl (C=O) groups is 1. The number of hydrogen-bond donors (Lipinski definition) is 2. The van der Waals surface area contributed by atoms with Crippen molar-refractivity contribution in [3.63, 3.8) is 0 Å². The van der Waals surface area contributed by atoms with Crippen LogP contribution in [0, 0.1) is 0 Å². The quantitative estimate of drug-likeness (QED) is 0.798. The zero-order chi connectivity index (χ0) is 10.7. The lowest BCUT2D eigenvalue weighted by Crippen LogP contribution is -2.25. The second-order valence-electron chi connectivity index (χ2n) is 3.05. The topological polar surface area (TPSA) is 57.5 Å². The smallest absolute Gasteiger partial charge is 0.161 e. The van der Waals surface area contributed by atoms with Gasteiger partial charge < -0.3 is 10.2 Å². The molecule has 2 atom stereocenters. The Kier molecular flexibility index (Phi) is 3.63. The van der Waals surface area contributed by atoms with Crippen LogP contribution in [-0.2, 0) is 4.79 Å². The first-order chi connectivity index (χ1) is 6.52. The summed E-state index contributed by atoms with van der Waals surface area (Å²) in [6.07, 6.45) is -2.57. The Hall–Kier alpha value is -0.900. The fourth-order valence-corrected chi connectivity index (χ4v) is 1.19. The first-order valence-corrected chi connectivity index (χ1v) is 4.52. The lowest BCUT2D eigenvalue weighted by molar-refractivity contribution is -0.130. The third-order valence-corrected chi connectivity index (χ3v) is 2.18. The summed E-state index contributed by atoms with van der Waals surface area (Å²) >= 11 is 5.65. The Morgan fingerprint density at radius 2 is 1.79 bits per heavy atom. The third-order valence-electron chi connectivity index (χ3n) is 1.93. The van der Waals surface area contributed by atoms with Crippen molar-refractivity contribution < 1.29 is 15.0 Å². The van der Waals surface area contributed by atoms with E-state index in [-0.39, 0.29) is 0 Å². The summed E-state index contributed by atoms with van der Waals surface area (Å²) in [5.74, 6) is -0.465. The fourth-order valence-electron chi connectivity index (χ4n) is 1.06. The number of rotatable bonds is 3. The standard InChI is InChI=1S/C10H11ClO3/c1-6(12)9(13)10(14)7-2-4-8(11)5-3-7/h2-5,9-10,13-14H,1H3/t9-,10-/m1/s1. The van der Waals surface area contributed by atoms with Crippen LogP contribution >= 0.6 is 11.6 Å². The number of carbonyl (C=O) groups excluding carboxylic acids is 1. The van der Waals surface area contributed by atoms with Gasteiger partial charge in [-0.15, -0.1) is 0 Å². The Labute approximate surface area is 86.9 Å². The van der Waals surface area contributed by atoms with Crippen molar-refractivity contribution in [3.05, 3.63) is 34.9 Å². The molecule has 0 heterocycles. The Morgan fingerprint density at radius 1 is 1.29 bits per heavy atom. The maximum atomic E-state index is 10.8. The van der Waals surface area contributed by atoms with E-state index in [1.165, 1.54) is 6.92 Å². The van der Waals surface area contributed by atoms with E-state index in [0.29, 0.717) is 10.6 Å². The van der Waals surface area contributed by atoms with Crippen molar-refractivity contribution in [1.82, 2.24) is 0 Å². The van der Waals surface area contributed by atoms with Crippen LogP contribution in [-0.4, -0.2) is 22.1 Å². The molecule has 0 aliphatic rings. The van der Waals surface area contributed by atoms with E-state index >= 15 is 0 Å². The molecule has 0 aromatic heterocycles. The van der Waals surface area contributed by atoms with Crippen LogP contribution in [0.3, 0.4) is 0 Å². The average Bonchev–Trinajstić information content (AvgIpc) is 2.16. The van der Waals surface area contributed by atoms with Crippen molar-refractivity contribution in [2.24, 2.45) is 0 Å². The number of aliphatic hydroxyl groups excluding tert-OH is 2. The average molecular weight is 215 g/mol. The first kappa shape index (κ1) is 11.2. The van der Waals surface area contributed by atoms with Gasteiger partial charge in [-0.3, -0.25) is 4.79 Å². The predicted octanol–water partition coefficient (Wildman–Crippen LogP) is 1.32. The van der Waals surface area contributed by atoms with E-state index in [2.05, 4.69) is 0 Å². The van der Waals surface area contributed by atoms with Crippen molar-refractivity contribution in [2.75, 3.05) is 0 Å². The summed E-state index contributed by atoms with van der Waals surface area (Å²) in [4.78, 5) is 10.8. The van der Waals surface area contributed by atoms with Gasteiger partial charge in [0, 0.05) is 5.02 Å². The first-order valence-electron chi connectivity index (χ1n) is 4.14. The normalized spacial score (nSPS) is 14.9. The largest absolute Gasteiger partial charge is 0.385 e. The number of halogens is 1. The molecule has 0 spiro atoms. The van der Waals surface area contributed by atoms with Gasteiger partial charge in [-0.1, -0.05) is 23.7 Å². The molecule has 0 saturated heterocycles. The minimum Gasteiger partial charge on any atom is -0.385 e. The van der Waals surface area contributed by atoms with Crippen molar-refractivity contribution in [1.29, 1.82) is 0 Å². The van der Waals surface area contributed by atoms with Crippen molar-refractivity contribution in [2.45, 2.75) is 19.1 Å². The second-order valence-corrected chi connectivity index (χ2v) is 3.49. The van der Waals surface area contributed by atoms with E-state index in [9.17, 15) is 15.0 Å². The van der Waals surface area contributed by atoms with Crippen LogP contribution in [0.15, 0.2) is 24.3 Å². The van der Waals surface area contributed by atoms with E-state index in [4.69, 9.17) is 11.6 Å². The van der Waals surface area contributed by atoms with E-state index in [0.717, 1.165) is 0 Å². The highest BCUT2D eigenvalue weighted by molar-refractivity contribution is 6.30. The summed E-state index contributed by atoms with van der Waals surface area (Å²) in [5.41, 5.74) is 0.470. The van der Waals surface area contributed by atoms with Gasteiger partial charge in [0.1, 0.15) is 12.2 Å². The summed E-state index contributed by atoms with van der Waals surface area (Å²) in [6.45, 7) is 1.23. The summed E-state index contributed by atoms with van der Waals surface area (Å²) in [5, 5.41) is 19.4. The summed E-state index contributed by atoms with van der Waals surface area (Å²) in [7, 11) is 0. The van der Waals surface area contributed by atoms with E-state index < -0.39 is 18.0 Å². The molecule has 0 fully saturated rings. The Bertz CT molecular complexity index is 321. The van der Waals surface area contributed by atoms with Crippen molar-refractivity contribution in [3.8, 4) is 0 Å². The number of benzene rings is 1. The zero-order valence-corrected chi connectivity index (χ0v) is 8.40. The lowest BCUT2D eigenvalue weighted by atomic mass is 10.0. The van der Waals surface area contributed by atoms with Gasteiger partial charge in [0.15, 0.2) is 5.78 Å². The molecule has 0 amide bonds. The van der Waals surface area contributed by atoms with Crippen molar-refractivity contribution >= 4 is 17.4 Å². The van der Waals surface area contributed by atoms with Crippen LogP contribution in [0.4, 0.5) is 0 Å². The van der Waals surface area contributed by atoms with Gasteiger partial charge in [-0.25, -0.2) is 0 Å². The van der Waals surface area contributed by atoms with Gasteiger partial charge >= 0.3 is 0 Å². The van der Waals surface area contributed by atoms with Gasteiger partial charge in [0.25, 0.3) is 0 Å². The molecule has 2 N–H and O–H groups in total. The Morgan fingerprint density at radius 3 is 2.21 bits per heavy atom. The molecule has 1 rings (SSSR count). The zero-order valence-electron chi connectivity index (χ0n) is 7.64. The highest BCUT2D eigenvalue weighted by Gasteiger charge is 2.21. The summed E-state index contributed by atoms with van der Waals surface area (Å²) in [6, 6.07) is 6.32. The number of Topliss-reactive ketones (excluding diaryl/α,β-unsaturated/α-hetero) is 1. The molecule has 76 valence electrons. The van der Waals surface area contributed by atoms with Gasteiger partial charge in [0.05, 0.1) is 0 Å². The van der Waals surface area contributed by atoms with Gasteiger partial charge in [-0.05, 0) is 24.6 Å². The summed E-state index contributed by atoms with van der Waals surface area (Å²) < 4.78 is 0. The molecule has 0 radical (unpaired) electrons. The highest BCUT2D eigenvalue weighted by atomic mass is 35.5. The minimum absolute atomic E-state index is 0.465. The lowest BCUT2D eigenvalue weighted by Gasteiger charge is -2.15. The van der Waals surface area contributed by atoms with Crippen LogP contribution in [0.2, 0.25) is 5.02 Å². The molecule has 14 heavy (non-hydrogen) atoms. The van der Waals surface area contributed by atoms with Crippen LogP contribution < -0.4 is 0 Å². The number of ketones is 1. The molecule has 0 bridgehead atoms. The maximum absolute atomic E-state index is 10.8. The molecule has 1 aromatic rings. The fraction of sp³-hybridized carbons (Fsp3) is 0.300. The Balaban J connectivity index is 2.84. The highest BCUT2D eigenvalue weighted by Crippen LogP contribution is 2.19. The molecule has 3 nitrogen and oxygen atoms in total. The number of hydrogen-bond acceptors (Lipinski definition) is 3. The molecule has 0 unspecified atom stereocenters. The minimum atomic E-state index is -1.38. The molecule has 0 saturated carbocycles. The SMILES string of the molecule is CC(=O)[C@@H](O)[C@H](O)c1ccc(Cl)cc1. The molecule has 4 heteroatoms. The maximum Gasteiger partial charge on any atom is 0.161 e. The van der Waals surface area contributed by atoms with Crippen LogP contribution in [0.25, 0.3) is 0 Å². The molecule has 1 aromatic carbocycles. The molecule has 0 aliphatic carbocycles. The third kappa shape index (κ3) is 2.54. The van der Waals surface area contributed by atoms with E-state index in [1.54, 1.807) is 24.3 Å². The molecule has 0 aliphatic heterocycles. The number of aliphatic hydroxyl groups is 2. The predicted molar refractivity (Wildman–Crippen MR) is 53.1 cm³/mol. The van der Waals surface area contributed by atoms with Crippen LogP contribution in [0.1, 0.15) is 18.6 Å². The van der Waals surface area contributed by atoms with E-state index in [1.807, 2.05) is 0 Å². The second kappa shape index (κ2) is 4.55. The van der Waals surface area contributed by atoms with Gasteiger partial charge in [-0.2, -0.15) is 0 Å². The van der Waals surface area contributed by atoms with Gasteiger partial charge in [0.2, 0.25) is 0 Å². The monoisotopic (exact) mass is 214 g/mol. The molecular weight excluding hydrogens is 204 g/mol. The van der Waals surface area contributed by atoms with Crippen LogP contribution in [0.5, 0.6) is 0 Å². The molecular formula is C10H11ClO3.